The highest BCUT2D eigenvalue weighted by Gasteiger charge is 2.29. The number of hydrogen-bond acceptors (Lipinski definition) is 7. The molecule has 1 saturated heterocycles. The molecule has 0 amide bonds. The average Bonchev–Trinajstić information content (AvgIpc) is 2.76. The molecule has 3 atom stereocenters. The summed E-state index contributed by atoms with van der Waals surface area (Å²) in [6.45, 7) is 8.81. The van der Waals surface area contributed by atoms with Gasteiger partial charge in [0, 0.05) is 21.1 Å². The van der Waals surface area contributed by atoms with Crippen LogP contribution in [0.4, 0.5) is 5.82 Å². The maximum atomic E-state index is 5.69. The quantitative estimate of drug-likeness (QED) is 0.639. The predicted octanol–water partition coefficient (Wildman–Crippen LogP) is 3.89. The minimum absolute atomic E-state index is 0.348. The number of hydrogen-bond donors (Lipinski definition) is 2. The Labute approximate surface area is 137 Å². The van der Waals surface area contributed by atoms with E-state index in [1.54, 1.807) is 11.3 Å². The van der Waals surface area contributed by atoms with E-state index in [1.165, 1.54) is 10.4 Å². The normalized spacial score (nSPS) is 26.2. The van der Waals surface area contributed by atoms with Gasteiger partial charge in [-0.1, -0.05) is 13.8 Å². The second-order valence-electron chi connectivity index (χ2n) is 5.41. The van der Waals surface area contributed by atoms with E-state index in [1.807, 2.05) is 23.5 Å². The molecule has 3 heterocycles. The van der Waals surface area contributed by atoms with E-state index < -0.39 is 0 Å². The van der Waals surface area contributed by atoms with E-state index in [0.29, 0.717) is 15.7 Å². The van der Waals surface area contributed by atoms with Crippen molar-refractivity contribution in [1.82, 2.24) is 9.97 Å². The molecule has 0 aliphatic carbocycles. The highest BCUT2D eigenvalue weighted by Crippen LogP contribution is 2.44. The van der Waals surface area contributed by atoms with Crippen LogP contribution in [0.2, 0.25) is 0 Å². The Morgan fingerprint density at radius 2 is 1.95 bits per heavy atom. The molecule has 0 bridgehead atoms. The fourth-order valence-electron chi connectivity index (χ4n) is 2.43. The van der Waals surface area contributed by atoms with Gasteiger partial charge in [-0.3, -0.25) is 0 Å². The summed E-state index contributed by atoms with van der Waals surface area (Å²) in [7, 11) is 0. The standard InChI is InChI=1S/C14H20N4S3/c1-6-7(2)21-14-11(6)13(18-15)16-12(17-14)10-5-19-8(3)9(4)20-10/h8-10H,5,15H2,1-4H3,(H,16,17,18). The van der Waals surface area contributed by atoms with E-state index in [4.69, 9.17) is 15.8 Å². The summed E-state index contributed by atoms with van der Waals surface area (Å²) in [4.78, 5) is 11.8. The summed E-state index contributed by atoms with van der Waals surface area (Å²) in [5.74, 6) is 8.43. The number of nitrogens with zero attached hydrogens (tertiary/aromatic N) is 2. The van der Waals surface area contributed by atoms with Crippen LogP contribution in [0.25, 0.3) is 10.2 Å². The van der Waals surface area contributed by atoms with Crippen LogP contribution in [0.1, 0.15) is 35.4 Å². The summed E-state index contributed by atoms with van der Waals surface area (Å²) >= 11 is 5.71. The van der Waals surface area contributed by atoms with Crippen molar-refractivity contribution < 1.29 is 0 Å². The highest BCUT2D eigenvalue weighted by atomic mass is 32.2. The third-order valence-corrected chi connectivity index (χ3v) is 8.51. The molecule has 7 heteroatoms. The van der Waals surface area contributed by atoms with E-state index >= 15 is 0 Å². The number of aryl methyl sites for hydroxylation is 2. The molecule has 4 nitrogen and oxygen atoms in total. The number of hydrazine groups is 1. The number of nitrogen functional groups attached to an aromatic ring is 1. The van der Waals surface area contributed by atoms with Gasteiger partial charge in [-0.25, -0.2) is 15.8 Å². The van der Waals surface area contributed by atoms with Crippen molar-refractivity contribution in [3.63, 3.8) is 0 Å². The van der Waals surface area contributed by atoms with Gasteiger partial charge in [-0.2, -0.15) is 11.8 Å². The van der Waals surface area contributed by atoms with Crippen molar-refractivity contribution in [2.24, 2.45) is 5.84 Å². The minimum Gasteiger partial charge on any atom is -0.308 e. The molecule has 0 spiro atoms. The van der Waals surface area contributed by atoms with Gasteiger partial charge in [0.15, 0.2) is 5.82 Å². The van der Waals surface area contributed by atoms with Gasteiger partial charge in [0.2, 0.25) is 0 Å². The van der Waals surface area contributed by atoms with Gasteiger partial charge in [-0.05, 0) is 19.4 Å². The fraction of sp³-hybridized carbons (Fsp3) is 0.571. The van der Waals surface area contributed by atoms with Crippen LogP contribution in [-0.4, -0.2) is 26.2 Å². The van der Waals surface area contributed by atoms with Crippen molar-refractivity contribution in [1.29, 1.82) is 0 Å². The zero-order chi connectivity index (χ0) is 15.1. The van der Waals surface area contributed by atoms with E-state index in [2.05, 4.69) is 33.1 Å². The Balaban J connectivity index is 2.04. The van der Waals surface area contributed by atoms with Crippen LogP contribution >= 0.6 is 34.9 Å². The first-order chi connectivity index (χ1) is 10.0. The topological polar surface area (TPSA) is 63.8 Å². The molecular weight excluding hydrogens is 320 g/mol. The van der Waals surface area contributed by atoms with E-state index in [9.17, 15) is 0 Å². The van der Waals surface area contributed by atoms with Crippen LogP contribution in [0.5, 0.6) is 0 Å². The fourth-order valence-corrected chi connectivity index (χ4v) is 6.31. The summed E-state index contributed by atoms with van der Waals surface area (Å²) in [5.41, 5.74) is 3.99. The smallest absolute Gasteiger partial charge is 0.152 e. The SMILES string of the molecule is Cc1sc2nc(C3CSC(C)C(C)S3)nc(NN)c2c1C. The van der Waals surface area contributed by atoms with Crippen molar-refractivity contribution >= 4 is 50.9 Å². The monoisotopic (exact) mass is 340 g/mol. The molecule has 0 radical (unpaired) electrons. The zero-order valence-corrected chi connectivity index (χ0v) is 15.1. The van der Waals surface area contributed by atoms with E-state index in [0.717, 1.165) is 27.6 Å². The number of fused-ring (bicyclic) bond motifs is 1. The predicted molar refractivity (Wildman–Crippen MR) is 96.4 cm³/mol. The number of rotatable bonds is 2. The molecule has 2 aromatic rings. The third kappa shape index (κ3) is 2.76. The first kappa shape index (κ1) is 15.4. The number of thioether (sulfide) groups is 2. The summed E-state index contributed by atoms with van der Waals surface area (Å²) in [5, 5.41) is 2.72. The average molecular weight is 341 g/mol. The van der Waals surface area contributed by atoms with Gasteiger partial charge in [-0.15, -0.1) is 23.1 Å². The van der Waals surface area contributed by atoms with Crippen LogP contribution in [0.15, 0.2) is 0 Å². The molecule has 21 heavy (non-hydrogen) atoms. The van der Waals surface area contributed by atoms with E-state index in [-0.39, 0.29) is 0 Å². The van der Waals surface area contributed by atoms with Crippen LogP contribution < -0.4 is 11.3 Å². The lowest BCUT2D eigenvalue weighted by Crippen LogP contribution is -2.23. The first-order valence-corrected chi connectivity index (χ1v) is 9.83. The third-order valence-electron chi connectivity index (χ3n) is 4.02. The Bertz CT molecular complexity index is 670. The molecule has 1 aliphatic rings. The summed E-state index contributed by atoms with van der Waals surface area (Å²) in [6.07, 6.45) is 0. The summed E-state index contributed by atoms with van der Waals surface area (Å²) in [6, 6.07) is 0. The Morgan fingerprint density at radius 1 is 1.19 bits per heavy atom. The molecular formula is C14H20N4S3. The number of anilines is 1. The maximum absolute atomic E-state index is 5.69. The lowest BCUT2D eigenvalue weighted by Gasteiger charge is -2.30. The number of thiophene rings is 1. The molecule has 0 saturated carbocycles. The molecule has 3 N–H and O–H groups in total. The van der Waals surface area contributed by atoms with Gasteiger partial charge < -0.3 is 5.43 Å². The largest absolute Gasteiger partial charge is 0.308 e. The number of nitrogens with one attached hydrogen (secondary N) is 1. The molecule has 3 unspecified atom stereocenters. The molecule has 3 rings (SSSR count). The first-order valence-electron chi connectivity index (χ1n) is 7.02. The molecule has 114 valence electrons. The van der Waals surface area contributed by atoms with Crippen LogP contribution in [-0.2, 0) is 0 Å². The van der Waals surface area contributed by atoms with Crippen molar-refractivity contribution in [2.45, 2.75) is 43.4 Å². The van der Waals surface area contributed by atoms with Gasteiger partial charge in [0.05, 0.1) is 10.6 Å². The molecule has 0 aromatic carbocycles. The van der Waals surface area contributed by atoms with Crippen molar-refractivity contribution in [3.05, 3.63) is 16.3 Å². The lowest BCUT2D eigenvalue weighted by atomic mass is 10.2. The van der Waals surface area contributed by atoms with Gasteiger partial charge in [0.1, 0.15) is 10.7 Å². The lowest BCUT2D eigenvalue weighted by molar-refractivity contribution is 0.866. The van der Waals surface area contributed by atoms with Gasteiger partial charge in [0.25, 0.3) is 0 Å². The minimum atomic E-state index is 0.348. The maximum Gasteiger partial charge on any atom is 0.152 e. The zero-order valence-electron chi connectivity index (χ0n) is 12.6. The second kappa shape index (κ2) is 5.95. The van der Waals surface area contributed by atoms with Crippen LogP contribution in [0.3, 0.4) is 0 Å². The van der Waals surface area contributed by atoms with Crippen LogP contribution in [0, 0.1) is 13.8 Å². The molecule has 2 aromatic heterocycles. The number of nitrogens with two attached hydrogens (primary N) is 1. The van der Waals surface area contributed by atoms with Crippen molar-refractivity contribution in [2.75, 3.05) is 11.2 Å². The highest BCUT2D eigenvalue weighted by molar-refractivity contribution is 8.07. The number of aromatic nitrogens is 2. The Hall–Kier alpha value is -0.500. The Morgan fingerprint density at radius 3 is 2.62 bits per heavy atom. The van der Waals surface area contributed by atoms with Crippen molar-refractivity contribution in [3.8, 4) is 0 Å². The second-order valence-corrected chi connectivity index (χ2v) is 9.60. The van der Waals surface area contributed by atoms with Gasteiger partial charge >= 0.3 is 0 Å². The Kier molecular flexibility index (Phi) is 4.36. The molecule has 1 aliphatic heterocycles. The molecule has 1 fully saturated rings. The summed E-state index contributed by atoms with van der Waals surface area (Å²) < 4.78 is 0.